The number of nitrogens with one attached hydrogen (secondary N) is 1. The number of fused-ring (bicyclic) bond motifs is 1. The van der Waals surface area contributed by atoms with Crippen LogP contribution in [0.4, 0.5) is 17.5 Å². The molecule has 3 N–H and O–H groups in total. The molecule has 0 unspecified atom stereocenters. The molecular weight excluding hydrogens is 347 g/mol. The fourth-order valence-electron chi connectivity index (χ4n) is 2.96. The van der Waals surface area contributed by atoms with Gasteiger partial charge in [-0.3, -0.25) is 9.25 Å². The number of imidazole rings is 1. The van der Waals surface area contributed by atoms with Crippen LogP contribution in [0, 0.1) is 6.92 Å². The molecule has 4 rings (SSSR count). The number of aryl methyl sites for hydroxylation is 2. The Hall–Kier alpha value is -2.93. The fourth-order valence-corrected chi connectivity index (χ4v) is 3.28. The van der Waals surface area contributed by atoms with Crippen LogP contribution >= 0.6 is 11.6 Å². The van der Waals surface area contributed by atoms with E-state index in [2.05, 4.69) is 10.4 Å². The number of hydrogen-bond donors (Lipinski definition) is 2. The van der Waals surface area contributed by atoms with Crippen LogP contribution in [0.15, 0.2) is 42.5 Å². The second-order valence-corrected chi connectivity index (χ2v) is 6.54. The molecule has 0 aliphatic rings. The monoisotopic (exact) mass is 362 g/mol. The van der Waals surface area contributed by atoms with Crippen LogP contribution in [0.2, 0.25) is 5.02 Å². The first-order valence-electron chi connectivity index (χ1n) is 8.04. The van der Waals surface area contributed by atoms with Gasteiger partial charge in [0.15, 0.2) is 5.82 Å². The van der Waals surface area contributed by atoms with E-state index >= 15 is 0 Å². The van der Waals surface area contributed by atoms with Gasteiger partial charge in [0, 0.05) is 13.1 Å². The van der Waals surface area contributed by atoms with Crippen molar-refractivity contribution in [2.75, 3.05) is 11.1 Å². The minimum absolute atomic E-state index is 0.529. The lowest BCUT2D eigenvalue weighted by Gasteiger charge is -2.13. The summed E-state index contributed by atoms with van der Waals surface area (Å²) in [5.74, 6) is 1.83. The number of halogens is 1. The predicted octanol–water partition coefficient (Wildman–Crippen LogP) is 2.84. The largest absolute Gasteiger partial charge is 0.384 e. The van der Waals surface area contributed by atoms with Crippen LogP contribution in [0.3, 0.4) is 0 Å². The highest BCUT2D eigenvalue weighted by Gasteiger charge is 2.17. The molecule has 0 spiro atoms. The smallest absolute Gasteiger partial charge is 0.214 e. The molecule has 26 heavy (non-hydrogen) atoms. The Kier molecular flexibility index (Phi) is 3.88. The maximum absolute atomic E-state index is 6.39. The summed E-state index contributed by atoms with van der Waals surface area (Å²) in [5.41, 5.74) is 10.0. The molecule has 8 heteroatoms. The highest BCUT2D eigenvalue weighted by atomic mass is 35.5. The van der Waals surface area contributed by atoms with E-state index in [0.29, 0.717) is 28.1 Å². The first-order valence-corrected chi connectivity index (χ1v) is 8.42. The maximum Gasteiger partial charge on any atom is 0.214 e. The topological polar surface area (TPSA) is 73.7 Å². The number of nitrogen functional groups attached to an aromatic ring is 1. The number of benzene rings is 2. The van der Waals surface area contributed by atoms with E-state index in [1.807, 2.05) is 41.8 Å². The molecule has 0 saturated carbocycles. The lowest BCUT2D eigenvalue weighted by molar-refractivity contribution is 0.764. The number of anilines is 3. The Bertz CT molecular complexity index is 1090. The summed E-state index contributed by atoms with van der Waals surface area (Å²) in [7, 11) is 7.66. The summed E-state index contributed by atoms with van der Waals surface area (Å²) in [6.07, 6.45) is 0. The second-order valence-electron chi connectivity index (χ2n) is 6.13. The van der Waals surface area contributed by atoms with Crippen LogP contribution < -0.4 is 16.5 Å². The molecule has 2 radical (unpaired) electrons. The number of para-hydroxylation sites is 2. The van der Waals surface area contributed by atoms with Crippen molar-refractivity contribution in [3.05, 3.63) is 53.1 Å². The number of nitrogens with two attached hydrogens (primary N) is 1. The lowest BCUT2D eigenvalue weighted by atomic mass is 9.94. The molecule has 2 heterocycles. The summed E-state index contributed by atoms with van der Waals surface area (Å²) in [6.45, 7) is 1.94. The van der Waals surface area contributed by atoms with Crippen LogP contribution in [-0.4, -0.2) is 27.2 Å². The quantitative estimate of drug-likeness (QED) is 0.550. The minimum atomic E-state index is 0.529. The van der Waals surface area contributed by atoms with Gasteiger partial charge in [0.05, 0.1) is 21.7 Å². The molecule has 2 aromatic heterocycles. The third kappa shape index (κ3) is 2.70. The molecule has 0 saturated heterocycles. The van der Waals surface area contributed by atoms with E-state index in [4.69, 9.17) is 30.2 Å². The minimum Gasteiger partial charge on any atom is -0.384 e. The van der Waals surface area contributed by atoms with E-state index in [0.717, 1.165) is 22.3 Å². The Balaban J connectivity index is 1.92. The molecule has 2 aromatic carbocycles. The fraction of sp³-hybridized carbons (Fsp3) is 0.111. The third-order valence-electron chi connectivity index (χ3n) is 4.24. The molecule has 4 aromatic rings. The van der Waals surface area contributed by atoms with Crippen molar-refractivity contribution < 1.29 is 0 Å². The normalized spacial score (nSPS) is 11.2. The molecule has 0 bridgehead atoms. The van der Waals surface area contributed by atoms with Gasteiger partial charge in [-0.2, -0.15) is 5.10 Å². The van der Waals surface area contributed by atoms with E-state index in [1.54, 1.807) is 23.9 Å². The number of rotatable bonds is 3. The van der Waals surface area contributed by atoms with Crippen molar-refractivity contribution in [3.8, 4) is 5.82 Å². The summed E-state index contributed by atoms with van der Waals surface area (Å²) >= 11 is 6.39. The van der Waals surface area contributed by atoms with Gasteiger partial charge in [0.2, 0.25) is 5.95 Å². The Morgan fingerprint density at radius 3 is 2.65 bits per heavy atom. The molecule has 0 amide bonds. The van der Waals surface area contributed by atoms with Gasteiger partial charge in [0.1, 0.15) is 13.7 Å². The van der Waals surface area contributed by atoms with Gasteiger partial charge in [0.25, 0.3) is 0 Å². The molecule has 0 aliphatic heterocycles. The lowest BCUT2D eigenvalue weighted by Crippen LogP contribution is -2.08. The molecule has 6 nitrogen and oxygen atoms in total. The zero-order chi connectivity index (χ0) is 18.4. The molecule has 0 fully saturated rings. The Labute approximate surface area is 157 Å². The van der Waals surface area contributed by atoms with Crippen molar-refractivity contribution in [3.63, 3.8) is 0 Å². The average Bonchev–Trinajstić information content (AvgIpc) is 3.10. The molecule has 128 valence electrons. The first kappa shape index (κ1) is 16.5. The first-order chi connectivity index (χ1) is 12.4. The zero-order valence-corrected chi connectivity index (χ0v) is 15.1. The van der Waals surface area contributed by atoms with Crippen molar-refractivity contribution in [2.24, 2.45) is 7.05 Å². The average molecular weight is 363 g/mol. The molecule has 0 aliphatic carbocycles. The van der Waals surface area contributed by atoms with E-state index < -0.39 is 0 Å². The summed E-state index contributed by atoms with van der Waals surface area (Å²) < 4.78 is 3.53. The van der Waals surface area contributed by atoms with E-state index in [-0.39, 0.29) is 0 Å². The van der Waals surface area contributed by atoms with Crippen LogP contribution in [-0.2, 0) is 7.05 Å². The van der Waals surface area contributed by atoms with E-state index in [9.17, 15) is 0 Å². The summed E-state index contributed by atoms with van der Waals surface area (Å²) in [4.78, 5) is 4.70. The molecular formula is C18H16BClN6. The summed E-state index contributed by atoms with van der Waals surface area (Å²) in [5, 5.41) is 8.34. The standard InChI is InChI=1S/C18H16BClN6/c1-10-7-11(19)8-12(20)17(10)23-18-22-13-5-3-4-6-14(13)26(18)16-9-15(21)25(2)24-16/h3-9H,21H2,1-2H3,(H,22,23). The van der Waals surface area contributed by atoms with Gasteiger partial charge >= 0.3 is 0 Å². The molecule has 0 atom stereocenters. The highest BCUT2D eigenvalue weighted by molar-refractivity contribution is 6.38. The van der Waals surface area contributed by atoms with Crippen molar-refractivity contribution >= 4 is 53.4 Å². The van der Waals surface area contributed by atoms with Crippen molar-refractivity contribution in [2.45, 2.75) is 6.92 Å². The third-order valence-corrected chi connectivity index (χ3v) is 4.54. The second kappa shape index (κ2) is 6.11. The van der Waals surface area contributed by atoms with E-state index in [1.165, 1.54) is 0 Å². The van der Waals surface area contributed by atoms with Crippen molar-refractivity contribution in [1.82, 2.24) is 19.3 Å². The predicted molar refractivity (Wildman–Crippen MR) is 107 cm³/mol. The summed E-state index contributed by atoms with van der Waals surface area (Å²) in [6, 6.07) is 13.2. The highest BCUT2D eigenvalue weighted by Crippen LogP contribution is 2.31. The zero-order valence-electron chi connectivity index (χ0n) is 14.4. The van der Waals surface area contributed by atoms with Gasteiger partial charge in [-0.25, -0.2) is 4.98 Å². The SMILES string of the molecule is [B]c1cc(C)c(Nc2nc3ccccc3n2-c2cc(N)n(C)n2)c(Cl)c1. The number of nitrogens with zero attached hydrogens (tertiary/aromatic N) is 4. The van der Waals surface area contributed by atoms with Gasteiger partial charge < -0.3 is 11.1 Å². The number of aromatic nitrogens is 4. The van der Waals surface area contributed by atoms with Crippen LogP contribution in [0.5, 0.6) is 0 Å². The van der Waals surface area contributed by atoms with Crippen LogP contribution in [0.1, 0.15) is 5.56 Å². The van der Waals surface area contributed by atoms with Crippen molar-refractivity contribution in [1.29, 1.82) is 0 Å². The Morgan fingerprint density at radius 2 is 1.96 bits per heavy atom. The number of hydrogen-bond acceptors (Lipinski definition) is 4. The van der Waals surface area contributed by atoms with Gasteiger partial charge in [-0.1, -0.05) is 35.3 Å². The Morgan fingerprint density at radius 1 is 1.19 bits per heavy atom. The maximum atomic E-state index is 6.39. The van der Waals surface area contributed by atoms with Crippen LogP contribution in [0.25, 0.3) is 16.9 Å². The van der Waals surface area contributed by atoms with Gasteiger partial charge in [-0.15, -0.1) is 0 Å². The van der Waals surface area contributed by atoms with Gasteiger partial charge in [-0.05, 0) is 30.7 Å².